The van der Waals surface area contributed by atoms with E-state index in [0.29, 0.717) is 29.5 Å². The first-order valence-electron chi connectivity index (χ1n) is 10.6. The second kappa shape index (κ2) is 10.5. The lowest BCUT2D eigenvalue weighted by atomic mass is 10.2. The first-order chi connectivity index (χ1) is 15.6. The number of piperidine rings is 1. The third-order valence-corrected chi connectivity index (χ3v) is 7.72. The van der Waals surface area contributed by atoms with E-state index in [4.69, 9.17) is 21.1 Å². The standard InChI is InChI=1S/C23H27ClN2O6S/c1-15-12-20(21(31-3)14-19(15)24)25-22(27)16(2)32-23(28)17-8-7-9-18(13-17)33(29,30)26-10-5-4-6-11-26/h7-9,12-14,16H,4-6,10-11H2,1-3H3,(H,25,27)/t16-/m0/s1. The van der Waals surface area contributed by atoms with E-state index in [9.17, 15) is 18.0 Å². The zero-order valence-corrected chi connectivity index (χ0v) is 20.3. The molecule has 10 heteroatoms. The molecule has 1 aliphatic heterocycles. The summed E-state index contributed by atoms with van der Waals surface area (Å²) >= 11 is 6.09. The van der Waals surface area contributed by atoms with Crippen molar-refractivity contribution in [1.82, 2.24) is 4.31 Å². The van der Waals surface area contributed by atoms with Crippen LogP contribution >= 0.6 is 11.6 Å². The molecule has 2 aromatic carbocycles. The summed E-state index contributed by atoms with van der Waals surface area (Å²) in [6, 6.07) is 8.90. The maximum absolute atomic E-state index is 12.9. The minimum atomic E-state index is -3.70. The van der Waals surface area contributed by atoms with Crippen LogP contribution in [0, 0.1) is 6.92 Å². The average molecular weight is 495 g/mol. The van der Waals surface area contributed by atoms with Gasteiger partial charge in [0, 0.05) is 24.2 Å². The highest BCUT2D eigenvalue weighted by molar-refractivity contribution is 7.89. The van der Waals surface area contributed by atoms with Crippen LogP contribution in [0.2, 0.25) is 5.02 Å². The molecule has 0 bridgehead atoms. The predicted octanol–water partition coefficient (Wildman–Crippen LogP) is 4.02. The van der Waals surface area contributed by atoms with Crippen molar-refractivity contribution in [2.75, 3.05) is 25.5 Å². The molecule has 8 nitrogen and oxygen atoms in total. The number of halogens is 1. The van der Waals surface area contributed by atoms with Crippen molar-refractivity contribution in [3.63, 3.8) is 0 Å². The maximum atomic E-state index is 12.9. The molecule has 33 heavy (non-hydrogen) atoms. The molecule has 1 saturated heterocycles. The monoisotopic (exact) mass is 494 g/mol. The molecule has 0 spiro atoms. The van der Waals surface area contributed by atoms with Crippen molar-refractivity contribution in [2.24, 2.45) is 0 Å². The van der Waals surface area contributed by atoms with E-state index < -0.39 is 28.0 Å². The molecule has 0 radical (unpaired) electrons. The van der Waals surface area contributed by atoms with E-state index in [1.807, 2.05) is 0 Å². The van der Waals surface area contributed by atoms with Crippen LogP contribution in [0.4, 0.5) is 5.69 Å². The van der Waals surface area contributed by atoms with Crippen LogP contribution in [0.25, 0.3) is 0 Å². The summed E-state index contributed by atoms with van der Waals surface area (Å²) in [5.41, 5.74) is 1.18. The predicted molar refractivity (Wildman–Crippen MR) is 125 cm³/mol. The average Bonchev–Trinajstić information content (AvgIpc) is 2.81. The number of sulfonamides is 1. The zero-order valence-electron chi connectivity index (χ0n) is 18.8. The van der Waals surface area contributed by atoms with Gasteiger partial charge in [-0.25, -0.2) is 13.2 Å². The highest BCUT2D eigenvalue weighted by atomic mass is 35.5. The van der Waals surface area contributed by atoms with Gasteiger partial charge in [0.2, 0.25) is 10.0 Å². The Morgan fingerprint density at radius 3 is 2.48 bits per heavy atom. The van der Waals surface area contributed by atoms with Gasteiger partial charge < -0.3 is 14.8 Å². The Balaban J connectivity index is 1.70. The van der Waals surface area contributed by atoms with Crippen LogP contribution in [0.15, 0.2) is 41.3 Å². The van der Waals surface area contributed by atoms with E-state index in [-0.39, 0.29) is 10.5 Å². The molecule has 1 heterocycles. The summed E-state index contributed by atoms with van der Waals surface area (Å²) in [6.45, 7) is 4.13. The zero-order chi connectivity index (χ0) is 24.2. The Kier molecular flexibility index (Phi) is 7.99. The topological polar surface area (TPSA) is 102 Å². The Morgan fingerprint density at radius 1 is 1.12 bits per heavy atom. The molecular weight excluding hydrogens is 468 g/mol. The quantitative estimate of drug-likeness (QED) is 0.583. The van der Waals surface area contributed by atoms with Crippen LogP contribution in [-0.4, -0.2) is 50.9 Å². The van der Waals surface area contributed by atoms with Crippen molar-refractivity contribution in [3.8, 4) is 5.75 Å². The van der Waals surface area contributed by atoms with Crippen molar-refractivity contribution < 1.29 is 27.5 Å². The largest absolute Gasteiger partial charge is 0.495 e. The second-order valence-electron chi connectivity index (χ2n) is 7.83. The summed E-state index contributed by atoms with van der Waals surface area (Å²) in [7, 11) is -2.25. The van der Waals surface area contributed by atoms with Crippen LogP contribution < -0.4 is 10.1 Å². The van der Waals surface area contributed by atoms with Gasteiger partial charge in [-0.05, 0) is 56.5 Å². The van der Waals surface area contributed by atoms with E-state index >= 15 is 0 Å². The number of esters is 1. The maximum Gasteiger partial charge on any atom is 0.338 e. The number of hydrogen-bond donors (Lipinski definition) is 1. The molecule has 1 fully saturated rings. The number of methoxy groups -OCH3 is 1. The van der Waals surface area contributed by atoms with Gasteiger partial charge >= 0.3 is 5.97 Å². The number of aryl methyl sites for hydroxylation is 1. The van der Waals surface area contributed by atoms with Gasteiger partial charge in [-0.2, -0.15) is 4.31 Å². The second-order valence-corrected chi connectivity index (χ2v) is 10.2. The number of carbonyl (C=O) groups excluding carboxylic acids is 2. The summed E-state index contributed by atoms with van der Waals surface area (Å²) in [4.78, 5) is 25.3. The van der Waals surface area contributed by atoms with Gasteiger partial charge in [0.25, 0.3) is 5.91 Å². The summed E-state index contributed by atoms with van der Waals surface area (Å²) in [5.74, 6) is -0.999. The van der Waals surface area contributed by atoms with Crippen molar-refractivity contribution in [2.45, 2.75) is 44.1 Å². The molecular formula is C23H27ClN2O6S. The third kappa shape index (κ3) is 5.85. The summed E-state index contributed by atoms with van der Waals surface area (Å²) in [5, 5.41) is 3.15. The lowest BCUT2D eigenvalue weighted by Gasteiger charge is -2.26. The first kappa shape index (κ1) is 25.0. The SMILES string of the molecule is COc1cc(Cl)c(C)cc1NC(=O)[C@H](C)OC(=O)c1cccc(S(=O)(=O)N2CCCCC2)c1. The number of rotatable bonds is 7. The number of ether oxygens (including phenoxy) is 2. The normalized spacial score (nSPS) is 15.5. The lowest BCUT2D eigenvalue weighted by Crippen LogP contribution is -2.35. The highest BCUT2D eigenvalue weighted by Crippen LogP contribution is 2.31. The number of carbonyl (C=O) groups is 2. The Labute approximate surface area is 198 Å². The van der Waals surface area contributed by atoms with Crippen LogP contribution in [0.1, 0.15) is 42.1 Å². The molecule has 1 atom stereocenters. The van der Waals surface area contributed by atoms with E-state index in [1.165, 1.54) is 42.6 Å². The van der Waals surface area contributed by atoms with Gasteiger partial charge in [0.1, 0.15) is 5.75 Å². The van der Waals surface area contributed by atoms with Gasteiger partial charge in [-0.15, -0.1) is 0 Å². The number of hydrogen-bond acceptors (Lipinski definition) is 6. The number of benzene rings is 2. The fourth-order valence-electron chi connectivity index (χ4n) is 3.48. The number of amides is 1. The smallest absolute Gasteiger partial charge is 0.338 e. The number of nitrogens with one attached hydrogen (secondary N) is 1. The Hall–Kier alpha value is -2.62. The Bertz CT molecular complexity index is 1150. The summed E-state index contributed by atoms with van der Waals surface area (Å²) in [6.07, 6.45) is 1.48. The fraction of sp³-hybridized carbons (Fsp3) is 0.391. The van der Waals surface area contributed by atoms with Crippen molar-refractivity contribution in [3.05, 3.63) is 52.5 Å². The van der Waals surface area contributed by atoms with Gasteiger partial charge in [-0.1, -0.05) is 24.1 Å². The van der Waals surface area contributed by atoms with Crippen molar-refractivity contribution >= 4 is 39.2 Å². The number of anilines is 1. The van der Waals surface area contributed by atoms with Crippen molar-refractivity contribution in [1.29, 1.82) is 0 Å². The fourth-order valence-corrected chi connectivity index (χ4v) is 5.20. The summed E-state index contributed by atoms with van der Waals surface area (Å²) < 4.78 is 37.7. The van der Waals surface area contributed by atoms with Crippen LogP contribution in [0.3, 0.4) is 0 Å². The molecule has 0 aliphatic carbocycles. The molecule has 2 aromatic rings. The highest BCUT2D eigenvalue weighted by Gasteiger charge is 2.27. The van der Waals surface area contributed by atoms with E-state index in [2.05, 4.69) is 5.32 Å². The Morgan fingerprint density at radius 2 is 1.82 bits per heavy atom. The van der Waals surface area contributed by atoms with Crippen LogP contribution in [-0.2, 0) is 19.6 Å². The third-order valence-electron chi connectivity index (χ3n) is 5.41. The van der Waals surface area contributed by atoms with Gasteiger partial charge in [-0.3, -0.25) is 4.79 Å². The molecule has 1 amide bonds. The minimum absolute atomic E-state index is 0.0253. The first-order valence-corrected chi connectivity index (χ1v) is 12.4. The minimum Gasteiger partial charge on any atom is -0.495 e. The number of nitrogens with zero attached hydrogens (tertiary/aromatic N) is 1. The molecule has 1 N–H and O–H groups in total. The molecule has 178 valence electrons. The van der Waals surface area contributed by atoms with E-state index in [1.54, 1.807) is 19.1 Å². The molecule has 0 aromatic heterocycles. The van der Waals surface area contributed by atoms with Crippen LogP contribution in [0.5, 0.6) is 5.75 Å². The molecule has 0 unspecified atom stereocenters. The van der Waals surface area contributed by atoms with Gasteiger partial charge in [0.15, 0.2) is 6.10 Å². The van der Waals surface area contributed by atoms with E-state index in [0.717, 1.165) is 24.8 Å². The van der Waals surface area contributed by atoms with Gasteiger partial charge in [0.05, 0.1) is 23.3 Å². The lowest BCUT2D eigenvalue weighted by molar-refractivity contribution is -0.123. The molecule has 0 saturated carbocycles. The molecule has 1 aliphatic rings. The molecule has 3 rings (SSSR count).